The molecule has 1 aliphatic heterocycles. The predicted octanol–water partition coefficient (Wildman–Crippen LogP) is 0.891. The second kappa shape index (κ2) is 16.5. The first-order valence-corrected chi connectivity index (χ1v) is 13.7. The van der Waals surface area contributed by atoms with Crippen LogP contribution in [0.1, 0.15) is 26.5 Å². The number of carbonyl (C=O) groups excluding carboxylic acids is 3. The Morgan fingerprint density at radius 1 is 1.15 bits per heavy atom. The van der Waals surface area contributed by atoms with Gasteiger partial charge in [0, 0.05) is 50.0 Å². The number of nitrogens with zero attached hydrogens (tertiary/aromatic N) is 3. The fourth-order valence-electron chi connectivity index (χ4n) is 4.48. The molecule has 1 aliphatic rings. The quantitative estimate of drug-likeness (QED) is 0.122. The number of hydrogen-bond acceptors (Lipinski definition) is 9. The van der Waals surface area contributed by atoms with Gasteiger partial charge in [0.05, 0.1) is 24.0 Å². The molecule has 46 heavy (non-hydrogen) atoms. The van der Waals surface area contributed by atoms with Gasteiger partial charge in [0.2, 0.25) is 5.82 Å². The van der Waals surface area contributed by atoms with E-state index in [0.29, 0.717) is 29.9 Å². The van der Waals surface area contributed by atoms with Crippen molar-refractivity contribution >= 4 is 30.0 Å². The van der Waals surface area contributed by atoms with Gasteiger partial charge in [-0.1, -0.05) is 0 Å². The minimum atomic E-state index is -1.26. The second-order valence-electron chi connectivity index (χ2n) is 9.79. The number of urea groups is 1. The molecule has 17 heteroatoms. The highest BCUT2D eigenvalue weighted by Crippen LogP contribution is 2.30. The van der Waals surface area contributed by atoms with E-state index < -0.39 is 42.0 Å². The van der Waals surface area contributed by atoms with Crippen molar-refractivity contribution in [3.05, 3.63) is 65.1 Å². The molecule has 244 valence electrons. The topological polar surface area (TPSA) is 220 Å². The molecule has 1 saturated heterocycles. The Morgan fingerprint density at radius 3 is 2.52 bits per heavy atom. The first-order valence-electron chi connectivity index (χ1n) is 13.7. The lowest BCUT2D eigenvalue weighted by Crippen LogP contribution is -2.48. The van der Waals surface area contributed by atoms with Crippen molar-refractivity contribution in [2.45, 2.75) is 19.1 Å². The SMILES string of the molecule is Cc1cc(NC(=O)c2ncc(-c3ccc(OCC#N)c(F)c3F)n2C)ccc1C(=O)NCCNC(=O)N[C@H]1CNC[C@@H]1O.O=CO. The molecule has 0 bridgehead atoms. The lowest BCUT2D eigenvalue weighted by Gasteiger charge is -2.16. The lowest BCUT2D eigenvalue weighted by molar-refractivity contribution is -0.122. The summed E-state index contributed by atoms with van der Waals surface area (Å²) in [5.74, 6) is -3.96. The van der Waals surface area contributed by atoms with E-state index in [0.717, 1.165) is 0 Å². The fraction of sp³-hybridized carbons (Fsp3) is 0.310. The molecule has 1 aromatic heterocycles. The molecular formula is C29H32F2N8O7. The monoisotopic (exact) mass is 642 g/mol. The number of carbonyl (C=O) groups is 4. The van der Waals surface area contributed by atoms with Gasteiger partial charge < -0.3 is 46.1 Å². The smallest absolute Gasteiger partial charge is 0.315 e. The van der Waals surface area contributed by atoms with Gasteiger partial charge in [-0.2, -0.15) is 9.65 Å². The summed E-state index contributed by atoms with van der Waals surface area (Å²) >= 11 is 0. The highest BCUT2D eigenvalue weighted by molar-refractivity contribution is 6.03. The van der Waals surface area contributed by atoms with E-state index >= 15 is 0 Å². The number of aliphatic hydroxyl groups is 1. The summed E-state index contributed by atoms with van der Waals surface area (Å²) in [6.07, 6.45) is 0.577. The van der Waals surface area contributed by atoms with E-state index in [4.69, 9.17) is 19.9 Å². The van der Waals surface area contributed by atoms with Crippen LogP contribution in [0.4, 0.5) is 19.3 Å². The van der Waals surface area contributed by atoms with Crippen LogP contribution in [0, 0.1) is 29.9 Å². The third-order valence-electron chi connectivity index (χ3n) is 6.73. The second-order valence-corrected chi connectivity index (χ2v) is 9.79. The van der Waals surface area contributed by atoms with Gasteiger partial charge in [0.15, 0.2) is 24.0 Å². The minimum absolute atomic E-state index is 0.0747. The van der Waals surface area contributed by atoms with Gasteiger partial charge in [-0.05, 0) is 42.8 Å². The number of ether oxygens (including phenoxy) is 1. The summed E-state index contributed by atoms with van der Waals surface area (Å²) in [7, 11) is 1.47. The Kier molecular flexibility index (Phi) is 12.5. The molecule has 2 atom stereocenters. The average molecular weight is 643 g/mol. The van der Waals surface area contributed by atoms with Gasteiger partial charge in [0.25, 0.3) is 18.3 Å². The Labute approximate surface area is 261 Å². The van der Waals surface area contributed by atoms with E-state index in [-0.39, 0.29) is 48.6 Å². The molecule has 0 aliphatic carbocycles. The van der Waals surface area contributed by atoms with E-state index in [9.17, 15) is 28.3 Å². The number of aryl methyl sites for hydroxylation is 1. The standard InChI is InChI=1S/C28H30F2N8O5.CH2O2/c1-15-11-16(3-4-17(15)26(40)33-8-9-34-28(42)37-19-12-32-14-21(19)39)36-27(41)25-35-13-20(38(25)2)18-5-6-22(43-10-7-31)24(30)23(18)29;2-1-3/h3-6,11,13,19,21,32,39H,8-10,12,14H2,1-2H3,(H,33,40)(H,36,41)(H2,34,37,42);1H,(H,2,3)/t19-,21-;/m0./s1. The van der Waals surface area contributed by atoms with Crippen molar-refractivity contribution < 1.29 is 42.9 Å². The van der Waals surface area contributed by atoms with Gasteiger partial charge in [-0.25, -0.2) is 14.2 Å². The van der Waals surface area contributed by atoms with E-state index in [1.54, 1.807) is 19.1 Å². The van der Waals surface area contributed by atoms with E-state index in [1.807, 2.05) is 0 Å². The number of imidazole rings is 1. The number of aliphatic hydroxyl groups excluding tert-OH is 1. The van der Waals surface area contributed by atoms with Crippen LogP contribution in [-0.4, -0.2) is 89.0 Å². The zero-order valence-electron chi connectivity index (χ0n) is 24.8. The van der Waals surface area contributed by atoms with E-state index in [1.165, 1.54) is 42.1 Å². The lowest BCUT2D eigenvalue weighted by atomic mass is 10.1. The molecule has 3 aromatic rings. The van der Waals surface area contributed by atoms with Crippen molar-refractivity contribution in [2.75, 3.05) is 38.1 Å². The Bertz CT molecular complexity index is 1630. The van der Waals surface area contributed by atoms with Gasteiger partial charge in [-0.3, -0.25) is 14.4 Å². The zero-order chi connectivity index (χ0) is 33.8. The minimum Gasteiger partial charge on any atom is -0.483 e. The van der Waals surface area contributed by atoms with Crippen molar-refractivity contribution in [2.24, 2.45) is 7.05 Å². The number of amides is 4. The van der Waals surface area contributed by atoms with Gasteiger partial charge in [0.1, 0.15) is 6.07 Å². The molecule has 2 aromatic carbocycles. The highest BCUT2D eigenvalue weighted by Gasteiger charge is 2.26. The molecule has 0 radical (unpaired) electrons. The van der Waals surface area contributed by atoms with Gasteiger partial charge >= 0.3 is 6.03 Å². The van der Waals surface area contributed by atoms with Crippen LogP contribution in [0.25, 0.3) is 11.3 Å². The molecule has 7 N–H and O–H groups in total. The summed E-state index contributed by atoms with van der Waals surface area (Å²) in [6.45, 7) is 2.21. The number of halogens is 2. The first-order chi connectivity index (χ1) is 22.0. The van der Waals surface area contributed by atoms with Crippen molar-refractivity contribution in [3.63, 3.8) is 0 Å². The number of rotatable bonds is 10. The largest absolute Gasteiger partial charge is 0.483 e. The molecule has 4 amide bonds. The summed E-state index contributed by atoms with van der Waals surface area (Å²) in [4.78, 5) is 49.9. The number of hydrogen-bond donors (Lipinski definition) is 7. The van der Waals surface area contributed by atoms with Crippen molar-refractivity contribution in [1.82, 2.24) is 30.8 Å². The first kappa shape index (κ1) is 34.9. The number of benzene rings is 2. The van der Waals surface area contributed by atoms with Crippen LogP contribution in [0.15, 0.2) is 36.5 Å². The number of nitrogens with one attached hydrogen (secondary N) is 5. The molecule has 15 nitrogen and oxygen atoms in total. The fourth-order valence-corrected chi connectivity index (χ4v) is 4.48. The summed E-state index contributed by atoms with van der Waals surface area (Å²) in [6, 6.07) is 7.97. The number of β-amino-alcohol motifs (C(OH)–C–C–N with tert-alkyl or cyclic N) is 1. The van der Waals surface area contributed by atoms with Crippen LogP contribution < -0.4 is 31.3 Å². The molecule has 4 rings (SSSR count). The van der Waals surface area contributed by atoms with Crippen LogP contribution in [0.2, 0.25) is 0 Å². The van der Waals surface area contributed by atoms with Crippen LogP contribution in [0.5, 0.6) is 5.75 Å². The summed E-state index contributed by atoms with van der Waals surface area (Å²) < 4.78 is 35.3. The number of carboxylic acid groups (broad SMARTS) is 1. The summed E-state index contributed by atoms with van der Waals surface area (Å²) in [5.41, 5.74) is 1.29. The molecule has 2 heterocycles. The Balaban J connectivity index is 0.00000185. The number of aromatic nitrogens is 2. The highest BCUT2D eigenvalue weighted by atomic mass is 19.2. The molecule has 0 spiro atoms. The molecule has 0 saturated carbocycles. The number of nitriles is 1. The average Bonchev–Trinajstić information content (AvgIpc) is 3.60. The molecule has 0 unspecified atom stereocenters. The van der Waals surface area contributed by atoms with Crippen LogP contribution in [0.3, 0.4) is 0 Å². The Hall–Kier alpha value is -5.60. The maximum atomic E-state index is 14.7. The third-order valence-corrected chi connectivity index (χ3v) is 6.73. The maximum absolute atomic E-state index is 14.7. The predicted molar refractivity (Wildman–Crippen MR) is 159 cm³/mol. The van der Waals surface area contributed by atoms with Crippen LogP contribution >= 0.6 is 0 Å². The summed E-state index contributed by atoms with van der Waals surface area (Å²) in [5, 5.41) is 38.8. The van der Waals surface area contributed by atoms with E-state index in [2.05, 4.69) is 31.6 Å². The van der Waals surface area contributed by atoms with Crippen LogP contribution in [-0.2, 0) is 11.8 Å². The Morgan fingerprint density at radius 2 is 1.87 bits per heavy atom. The number of anilines is 1. The normalized spacial score (nSPS) is 15.0. The molecule has 1 fully saturated rings. The van der Waals surface area contributed by atoms with Crippen molar-refractivity contribution in [3.8, 4) is 23.1 Å². The van der Waals surface area contributed by atoms with Gasteiger partial charge in [-0.15, -0.1) is 0 Å². The molecular weight excluding hydrogens is 610 g/mol. The maximum Gasteiger partial charge on any atom is 0.315 e. The third kappa shape index (κ3) is 8.74. The van der Waals surface area contributed by atoms with Crippen molar-refractivity contribution in [1.29, 1.82) is 5.26 Å². The zero-order valence-corrected chi connectivity index (χ0v) is 24.8.